The van der Waals surface area contributed by atoms with Crippen molar-refractivity contribution in [1.82, 2.24) is 4.98 Å². The van der Waals surface area contributed by atoms with E-state index in [0.717, 1.165) is 10.9 Å². The largest absolute Gasteiger partial charge is 0.255 e. The number of fused-ring (bicyclic) bond motifs is 1. The second-order valence-electron chi connectivity index (χ2n) is 2.46. The van der Waals surface area contributed by atoms with Crippen molar-refractivity contribution in [2.24, 2.45) is 0 Å². The monoisotopic (exact) mass is 197 g/mol. The Hall–Kier alpha value is -0.790. The van der Waals surface area contributed by atoms with Gasteiger partial charge in [0.2, 0.25) is 0 Å². The van der Waals surface area contributed by atoms with Crippen LogP contribution in [0.2, 0.25) is 10.0 Å². The average molecular weight is 198 g/mol. The molecule has 0 atom stereocenters. The smallest absolute Gasteiger partial charge is 0.0718 e. The molecule has 0 aliphatic heterocycles. The molecule has 0 unspecified atom stereocenters. The summed E-state index contributed by atoms with van der Waals surface area (Å²) in [6.45, 7) is 0. The van der Waals surface area contributed by atoms with E-state index in [4.69, 9.17) is 23.2 Å². The molecule has 3 heteroatoms. The molecule has 0 aliphatic rings. The average Bonchev–Trinajstić information content (AvgIpc) is 2.07. The van der Waals surface area contributed by atoms with Crippen LogP contribution in [0.25, 0.3) is 10.9 Å². The Labute approximate surface area is 79.9 Å². The van der Waals surface area contributed by atoms with Crippen molar-refractivity contribution in [3.63, 3.8) is 0 Å². The second-order valence-corrected chi connectivity index (χ2v) is 3.30. The molecule has 0 saturated carbocycles. The maximum absolute atomic E-state index is 5.93. The van der Waals surface area contributed by atoms with Crippen molar-refractivity contribution in [3.05, 3.63) is 40.5 Å². The summed E-state index contributed by atoms with van der Waals surface area (Å²) in [5.41, 5.74) is 0.868. The summed E-state index contributed by atoms with van der Waals surface area (Å²) in [4.78, 5) is 4.13. The van der Waals surface area contributed by atoms with Crippen LogP contribution in [0.15, 0.2) is 30.5 Å². The van der Waals surface area contributed by atoms with E-state index < -0.39 is 0 Å². The molecule has 1 aromatic heterocycles. The van der Waals surface area contributed by atoms with Crippen molar-refractivity contribution in [2.75, 3.05) is 0 Å². The lowest BCUT2D eigenvalue weighted by atomic mass is 10.2. The second kappa shape index (κ2) is 2.92. The van der Waals surface area contributed by atoms with E-state index in [9.17, 15) is 0 Å². The van der Waals surface area contributed by atoms with Gasteiger partial charge in [-0.3, -0.25) is 4.98 Å². The zero-order valence-corrected chi connectivity index (χ0v) is 7.60. The molecule has 2 rings (SSSR count). The molecular weight excluding hydrogens is 193 g/mol. The van der Waals surface area contributed by atoms with E-state index in [1.54, 1.807) is 6.20 Å². The van der Waals surface area contributed by atoms with Crippen LogP contribution >= 0.6 is 23.2 Å². The summed E-state index contributed by atoms with van der Waals surface area (Å²) < 4.78 is 0. The van der Waals surface area contributed by atoms with E-state index >= 15 is 0 Å². The van der Waals surface area contributed by atoms with Gasteiger partial charge in [0.25, 0.3) is 0 Å². The molecule has 12 heavy (non-hydrogen) atoms. The SMILES string of the molecule is Clc1cnc2cccc(Cl)c2c1. The minimum Gasteiger partial charge on any atom is -0.255 e. The standard InChI is InChI=1S/C9H5Cl2N/c10-6-4-7-8(11)2-1-3-9(7)12-5-6/h1-5H. The molecule has 0 bridgehead atoms. The van der Waals surface area contributed by atoms with Gasteiger partial charge in [-0.1, -0.05) is 29.3 Å². The number of halogens is 2. The first kappa shape index (κ1) is 7.84. The first-order valence-corrected chi connectivity index (χ1v) is 4.23. The Balaban J connectivity index is 2.88. The van der Waals surface area contributed by atoms with Gasteiger partial charge < -0.3 is 0 Å². The molecule has 60 valence electrons. The molecule has 0 amide bonds. The number of hydrogen-bond acceptors (Lipinski definition) is 1. The van der Waals surface area contributed by atoms with E-state index in [1.807, 2.05) is 24.3 Å². The fraction of sp³-hybridized carbons (Fsp3) is 0. The predicted molar refractivity (Wildman–Crippen MR) is 51.8 cm³/mol. The Morgan fingerprint density at radius 3 is 2.83 bits per heavy atom. The summed E-state index contributed by atoms with van der Waals surface area (Å²) in [5.74, 6) is 0. The van der Waals surface area contributed by atoms with Crippen molar-refractivity contribution in [1.29, 1.82) is 0 Å². The number of benzene rings is 1. The highest BCUT2D eigenvalue weighted by molar-refractivity contribution is 6.36. The Bertz CT molecular complexity index is 426. The lowest BCUT2D eigenvalue weighted by Gasteiger charge is -1.98. The van der Waals surface area contributed by atoms with Gasteiger partial charge in [0.15, 0.2) is 0 Å². The topological polar surface area (TPSA) is 12.9 Å². The Morgan fingerprint density at radius 1 is 1.17 bits per heavy atom. The van der Waals surface area contributed by atoms with Crippen LogP contribution in [0.1, 0.15) is 0 Å². The summed E-state index contributed by atoms with van der Waals surface area (Å²) in [6.07, 6.45) is 1.61. The van der Waals surface area contributed by atoms with Gasteiger partial charge in [-0.15, -0.1) is 0 Å². The predicted octanol–water partition coefficient (Wildman–Crippen LogP) is 3.54. The van der Waals surface area contributed by atoms with E-state index in [2.05, 4.69) is 4.98 Å². The van der Waals surface area contributed by atoms with Crippen molar-refractivity contribution in [2.45, 2.75) is 0 Å². The molecule has 0 fully saturated rings. The molecule has 1 nitrogen and oxygen atoms in total. The third-order valence-electron chi connectivity index (χ3n) is 1.64. The maximum Gasteiger partial charge on any atom is 0.0718 e. The van der Waals surface area contributed by atoms with Crippen LogP contribution in [0, 0.1) is 0 Å². The minimum absolute atomic E-state index is 0.607. The van der Waals surface area contributed by atoms with Gasteiger partial charge >= 0.3 is 0 Å². The number of rotatable bonds is 0. The van der Waals surface area contributed by atoms with E-state index in [1.165, 1.54) is 0 Å². The Morgan fingerprint density at radius 2 is 2.00 bits per heavy atom. The van der Waals surface area contributed by atoms with Crippen molar-refractivity contribution >= 4 is 34.1 Å². The zero-order valence-electron chi connectivity index (χ0n) is 6.09. The van der Waals surface area contributed by atoms with Crippen LogP contribution < -0.4 is 0 Å². The van der Waals surface area contributed by atoms with Gasteiger partial charge in [-0.2, -0.15) is 0 Å². The van der Waals surface area contributed by atoms with Gasteiger partial charge in [-0.25, -0.2) is 0 Å². The summed E-state index contributed by atoms with van der Waals surface area (Å²) in [6, 6.07) is 7.40. The highest BCUT2D eigenvalue weighted by atomic mass is 35.5. The summed E-state index contributed by atoms with van der Waals surface area (Å²) in [5, 5.41) is 2.18. The fourth-order valence-corrected chi connectivity index (χ4v) is 1.47. The lowest BCUT2D eigenvalue weighted by Crippen LogP contribution is -1.78. The molecule has 0 saturated heterocycles. The highest BCUT2D eigenvalue weighted by Gasteiger charge is 1.98. The third-order valence-corrected chi connectivity index (χ3v) is 2.18. The van der Waals surface area contributed by atoms with Crippen LogP contribution in [0.4, 0.5) is 0 Å². The first-order valence-electron chi connectivity index (χ1n) is 3.47. The number of nitrogens with zero attached hydrogens (tertiary/aromatic N) is 1. The highest BCUT2D eigenvalue weighted by Crippen LogP contribution is 2.23. The summed E-state index contributed by atoms with van der Waals surface area (Å²) >= 11 is 11.7. The van der Waals surface area contributed by atoms with Gasteiger partial charge in [0.1, 0.15) is 0 Å². The molecule has 2 aromatic rings. The van der Waals surface area contributed by atoms with Gasteiger partial charge in [0, 0.05) is 11.6 Å². The van der Waals surface area contributed by atoms with Crippen LogP contribution in [0.5, 0.6) is 0 Å². The van der Waals surface area contributed by atoms with Gasteiger partial charge in [0.05, 0.1) is 15.6 Å². The molecule has 0 radical (unpaired) electrons. The van der Waals surface area contributed by atoms with E-state index in [0.29, 0.717) is 10.0 Å². The molecule has 0 aliphatic carbocycles. The van der Waals surface area contributed by atoms with Crippen molar-refractivity contribution in [3.8, 4) is 0 Å². The van der Waals surface area contributed by atoms with E-state index in [-0.39, 0.29) is 0 Å². The molecular formula is C9H5Cl2N. The van der Waals surface area contributed by atoms with Crippen LogP contribution in [0.3, 0.4) is 0 Å². The zero-order chi connectivity index (χ0) is 8.55. The summed E-state index contributed by atoms with van der Waals surface area (Å²) in [7, 11) is 0. The molecule has 0 N–H and O–H groups in total. The fourth-order valence-electron chi connectivity index (χ4n) is 1.09. The van der Waals surface area contributed by atoms with Gasteiger partial charge in [-0.05, 0) is 18.2 Å². The normalized spacial score (nSPS) is 10.5. The van der Waals surface area contributed by atoms with Crippen LogP contribution in [-0.2, 0) is 0 Å². The number of pyridine rings is 1. The molecule has 1 heterocycles. The maximum atomic E-state index is 5.93. The van der Waals surface area contributed by atoms with Crippen molar-refractivity contribution < 1.29 is 0 Å². The first-order chi connectivity index (χ1) is 5.77. The minimum atomic E-state index is 0.607. The number of hydrogen-bond donors (Lipinski definition) is 0. The molecule has 0 spiro atoms. The van der Waals surface area contributed by atoms with Crippen LogP contribution in [-0.4, -0.2) is 4.98 Å². The third kappa shape index (κ3) is 1.26. The Kier molecular flexibility index (Phi) is 1.91. The number of aromatic nitrogens is 1. The lowest BCUT2D eigenvalue weighted by molar-refractivity contribution is 1.41. The quantitative estimate of drug-likeness (QED) is 0.630. The molecule has 1 aromatic carbocycles.